The van der Waals surface area contributed by atoms with Crippen molar-refractivity contribution in [1.82, 2.24) is 10.6 Å². The second kappa shape index (κ2) is 13.4. The van der Waals surface area contributed by atoms with Gasteiger partial charge in [0.2, 0.25) is 0 Å². The van der Waals surface area contributed by atoms with Gasteiger partial charge in [0.05, 0.1) is 0 Å². The maximum Gasteiger partial charge on any atom is 0.0136 e. The van der Waals surface area contributed by atoms with Gasteiger partial charge in [-0.25, -0.2) is 0 Å². The van der Waals surface area contributed by atoms with Gasteiger partial charge in [-0.1, -0.05) is 0 Å². The first-order valence-corrected chi connectivity index (χ1v) is 4.43. The lowest BCUT2D eigenvalue weighted by Crippen LogP contribution is -2.28. The number of nitrogens with one attached hydrogen (secondary N) is 2. The van der Waals surface area contributed by atoms with E-state index in [0.29, 0.717) is 0 Å². The fraction of sp³-hybridized carbons (Fsp3) is 1.00. The first kappa shape index (κ1) is 14.4. The standard InChI is InChI=1S/2C4H12N2/c1-4(5)3-6-2;1-6-4-2-3-5/h4,6H,3,5H2,1-2H3;6H,2-5H2,1H3. The summed E-state index contributed by atoms with van der Waals surface area (Å²) in [7, 11) is 3.82. The molecule has 0 aliphatic carbocycles. The van der Waals surface area contributed by atoms with E-state index in [1.807, 2.05) is 21.0 Å². The van der Waals surface area contributed by atoms with E-state index in [2.05, 4.69) is 10.6 Å². The third kappa shape index (κ3) is 22.5. The zero-order chi connectivity index (χ0) is 9.82. The van der Waals surface area contributed by atoms with Gasteiger partial charge in [0.15, 0.2) is 0 Å². The van der Waals surface area contributed by atoms with Crippen LogP contribution in [-0.2, 0) is 0 Å². The summed E-state index contributed by atoms with van der Waals surface area (Å²) in [5.74, 6) is 0. The van der Waals surface area contributed by atoms with Crippen LogP contribution in [0.3, 0.4) is 0 Å². The number of nitrogens with two attached hydrogens (primary N) is 2. The molecule has 6 N–H and O–H groups in total. The monoisotopic (exact) mass is 176 g/mol. The maximum absolute atomic E-state index is 5.34. The molecule has 0 radical (unpaired) electrons. The summed E-state index contributed by atoms with van der Waals surface area (Å²) in [6.07, 6.45) is 1.08. The number of likely N-dealkylation sites (N-methyl/N-ethyl adjacent to an activating group) is 1. The molecule has 1 atom stereocenters. The summed E-state index contributed by atoms with van der Waals surface area (Å²) >= 11 is 0. The Morgan fingerprint density at radius 1 is 1.25 bits per heavy atom. The first-order chi connectivity index (χ1) is 5.68. The van der Waals surface area contributed by atoms with E-state index in [1.165, 1.54) is 0 Å². The van der Waals surface area contributed by atoms with Crippen molar-refractivity contribution in [3.63, 3.8) is 0 Å². The summed E-state index contributed by atoms with van der Waals surface area (Å²) in [5, 5.41) is 5.93. The number of rotatable bonds is 5. The average Bonchev–Trinajstić information content (AvgIpc) is 2.02. The van der Waals surface area contributed by atoms with Crippen LogP contribution in [0.1, 0.15) is 13.3 Å². The minimum absolute atomic E-state index is 0.287. The van der Waals surface area contributed by atoms with Crippen LogP contribution in [0, 0.1) is 0 Å². The maximum atomic E-state index is 5.34. The molecular weight excluding hydrogens is 152 g/mol. The molecule has 0 fully saturated rings. The summed E-state index contributed by atoms with van der Waals surface area (Å²) in [6, 6.07) is 0.287. The second-order valence-corrected chi connectivity index (χ2v) is 2.78. The van der Waals surface area contributed by atoms with Crippen LogP contribution >= 0.6 is 0 Å². The van der Waals surface area contributed by atoms with Crippen molar-refractivity contribution in [3.8, 4) is 0 Å². The van der Waals surface area contributed by atoms with E-state index in [9.17, 15) is 0 Å². The summed E-state index contributed by atoms with van der Waals surface area (Å²) in [4.78, 5) is 0. The van der Waals surface area contributed by atoms with Gasteiger partial charge >= 0.3 is 0 Å². The smallest absolute Gasteiger partial charge is 0.0136 e. The van der Waals surface area contributed by atoms with E-state index in [-0.39, 0.29) is 6.04 Å². The minimum atomic E-state index is 0.287. The fourth-order valence-electron chi connectivity index (χ4n) is 0.601. The quantitative estimate of drug-likeness (QED) is 0.410. The molecule has 0 bridgehead atoms. The normalized spacial score (nSPS) is 11.8. The first-order valence-electron chi connectivity index (χ1n) is 4.43. The highest BCUT2D eigenvalue weighted by molar-refractivity contribution is 4.51. The SMILES string of the molecule is CNCC(C)N.CNCCCN. The Kier molecular flexibility index (Phi) is 16.1. The molecule has 76 valence electrons. The molecule has 4 nitrogen and oxygen atoms in total. The molecule has 0 spiro atoms. The summed E-state index contributed by atoms with van der Waals surface area (Å²) in [5.41, 5.74) is 10.5. The van der Waals surface area contributed by atoms with Gasteiger partial charge in [-0.2, -0.15) is 0 Å². The topological polar surface area (TPSA) is 76.1 Å². The molecule has 0 saturated carbocycles. The Morgan fingerprint density at radius 2 is 1.83 bits per heavy atom. The molecule has 0 aromatic heterocycles. The third-order valence-corrected chi connectivity index (χ3v) is 1.16. The van der Waals surface area contributed by atoms with Gasteiger partial charge in [-0.15, -0.1) is 0 Å². The van der Waals surface area contributed by atoms with Gasteiger partial charge in [-0.05, 0) is 40.5 Å². The lowest BCUT2D eigenvalue weighted by atomic mass is 10.4. The summed E-state index contributed by atoms with van der Waals surface area (Å²) < 4.78 is 0. The van der Waals surface area contributed by atoms with Crippen molar-refractivity contribution in [2.75, 3.05) is 33.7 Å². The molecule has 0 aliphatic rings. The Morgan fingerprint density at radius 3 is 1.92 bits per heavy atom. The Bertz CT molecular complexity index is 62.1. The van der Waals surface area contributed by atoms with Crippen LogP contribution in [-0.4, -0.2) is 39.8 Å². The number of hydrogen-bond donors (Lipinski definition) is 4. The van der Waals surface area contributed by atoms with Crippen LogP contribution in [0.25, 0.3) is 0 Å². The highest BCUT2D eigenvalue weighted by Crippen LogP contribution is 1.63. The van der Waals surface area contributed by atoms with E-state index in [1.54, 1.807) is 0 Å². The summed E-state index contributed by atoms with van der Waals surface area (Å²) in [6.45, 7) is 4.70. The Balaban J connectivity index is 0. The van der Waals surface area contributed by atoms with E-state index >= 15 is 0 Å². The Labute approximate surface area is 76.1 Å². The predicted octanol–water partition coefficient (Wildman–Crippen LogP) is -0.892. The van der Waals surface area contributed by atoms with E-state index in [4.69, 9.17) is 11.5 Å². The third-order valence-electron chi connectivity index (χ3n) is 1.16. The van der Waals surface area contributed by atoms with Gasteiger partial charge in [-0.3, -0.25) is 0 Å². The molecule has 12 heavy (non-hydrogen) atoms. The highest BCUT2D eigenvalue weighted by Gasteiger charge is 1.84. The zero-order valence-corrected chi connectivity index (χ0v) is 8.56. The fourth-order valence-corrected chi connectivity index (χ4v) is 0.601. The van der Waals surface area contributed by atoms with Crippen LogP contribution in [0.15, 0.2) is 0 Å². The lowest BCUT2D eigenvalue weighted by Gasteiger charge is -1.99. The van der Waals surface area contributed by atoms with Gasteiger partial charge < -0.3 is 22.1 Å². The van der Waals surface area contributed by atoms with Gasteiger partial charge in [0.25, 0.3) is 0 Å². The molecule has 0 aromatic carbocycles. The van der Waals surface area contributed by atoms with Crippen LogP contribution in [0.2, 0.25) is 0 Å². The van der Waals surface area contributed by atoms with Crippen LogP contribution in [0.5, 0.6) is 0 Å². The van der Waals surface area contributed by atoms with Crippen LogP contribution < -0.4 is 22.1 Å². The van der Waals surface area contributed by atoms with Crippen molar-refractivity contribution < 1.29 is 0 Å². The molecule has 0 heterocycles. The predicted molar refractivity (Wildman–Crippen MR) is 55.2 cm³/mol. The molecule has 4 heteroatoms. The lowest BCUT2D eigenvalue weighted by molar-refractivity contribution is 0.666. The minimum Gasteiger partial charge on any atom is -0.330 e. The molecule has 0 amide bonds. The van der Waals surface area contributed by atoms with Gasteiger partial charge in [0, 0.05) is 12.6 Å². The average molecular weight is 176 g/mol. The largest absolute Gasteiger partial charge is 0.330 e. The molecule has 0 saturated heterocycles. The van der Waals surface area contributed by atoms with Crippen molar-refractivity contribution in [2.45, 2.75) is 19.4 Å². The molecule has 0 rings (SSSR count). The van der Waals surface area contributed by atoms with E-state index in [0.717, 1.165) is 26.1 Å². The van der Waals surface area contributed by atoms with Crippen molar-refractivity contribution in [3.05, 3.63) is 0 Å². The van der Waals surface area contributed by atoms with Gasteiger partial charge in [0.1, 0.15) is 0 Å². The molecule has 0 aliphatic heterocycles. The molecule has 0 aromatic rings. The second-order valence-electron chi connectivity index (χ2n) is 2.78. The molecular formula is C8H24N4. The van der Waals surface area contributed by atoms with Crippen LogP contribution in [0.4, 0.5) is 0 Å². The highest BCUT2D eigenvalue weighted by atomic mass is 14.8. The van der Waals surface area contributed by atoms with Crippen molar-refractivity contribution in [1.29, 1.82) is 0 Å². The van der Waals surface area contributed by atoms with E-state index < -0.39 is 0 Å². The zero-order valence-electron chi connectivity index (χ0n) is 8.56. The van der Waals surface area contributed by atoms with Crippen molar-refractivity contribution >= 4 is 0 Å². The van der Waals surface area contributed by atoms with Crippen molar-refractivity contribution in [2.24, 2.45) is 11.5 Å². The number of hydrogen-bond acceptors (Lipinski definition) is 4. The molecule has 1 unspecified atom stereocenters. The Hall–Kier alpha value is -0.160.